The molecule has 0 saturated carbocycles. The summed E-state index contributed by atoms with van der Waals surface area (Å²) < 4.78 is 0. The van der Waals surface area contributed by atoms with Gasteiger partial charge >= 0.3 is 0 Å². The number of hydrogen-bond donors (Lipinski definition) is 1. The Hall–Kier alpha value is -1.21. The van der Waals surface area contributed by atoms with Crippen molar-refractivity contribution in [3.8, 4) is 0 Å². The van der Waals surface area contributed by atoms with Crippen molar-refractivity contribution in [2.75, 3.05) is 24.3 Å². The quantitative estimate of drug-likeness (QED) is 0.905. The monoisotopic (exact) mass is 255 g/mol. The number of aromatic nitrogens is 3. The molecule has 0 bridgehead atoms. The van der Waals surface area contributed by atoms with Gasteiger partial charge in [-0.05, 0) is 6.92 Å². The largest absolute Gasteiger partial charge is 0.355 e. The first-order chi connectivity index (χ1) is 7.65. The molecule has 5 nitrogen and oxygen atoms in total. The fraction of sp³-hybridized carbons (Fsp3) is 0.444. The van der Waals surface area contributed by atoms with E-state index in [4.69, 9.17) is 0 Å². The molecule has 2 rings (SSSR count). The molecule has 0 aliphatic rings. The van der Waals surface area contributed by atoms with Crippen molar-refractivity contribution in [1.29, 1.82) is 0 Å². The van der Waals surface area contributed by atoms with Crippen molar-refractivity contribution in [3.05, 3.63) is 16.1 Å². The van der Waals surface area contributed by atoms with Crippen molar-refractivity contribution < 1.29 is 0 Å². The second kappa shape index (κ2) is 4.75. The fourth-order valence-electron chi connectivity index (χ4n) is 1.12. The molecule has 0 unspecified atom stereocenters. The first-order valence-electron chi connectivity index (χ1n) is 4.81. The summed E-state index contributed by atoms with van der Waals surface area (Å²) in [4.78, 5) is 7.50. The molecular weight excluding hydrogens is 242 g/mol. The van der Waals surface area contributed by atoms with E-state index in [2.05, 4.69) is 20.5 Å². The molecule has 1 N–H and O–H groups in total. The smallest absolute Gasteiger partial charge is 0.205 e. The summed E-state index contributed by atoms with van der Waals surface area (Å²) in [5.74, 6) is 0. The lowest BCUT2D eigenvalue weighted by atomic mass is 10.5. The van der Waals surface area contributed by atoms with Gasteiger partial charge in [-0.15, -0.1) is 21.5 Å². The van der Waals surface area contributed by atoms with Crippen LogP contribution in [0.5, 0.6) is 0 Å². The Balaban J connectivity index is 1.94. The zero-order valence-corrected chi connectivity index (χ0v) is 11.0. The Morgan fingerprint density at radius 3 is 2.69 bits per heavy atom. The van der Waals surface area contributed by atoms with Gasteiger partial charge < -0.3 is 10.2 Å². The van der Waals surface area contributed by atoms with Crippen molar-refractivity contribution >= 4 is 32.9 Å². The zero-order chi connectivity index (χ0) is 11.5. The topological polar surface area (TPSA) is 53.9 Å². The van der Waals surface area contributed by atoms with E-state index in [1.807, 2.05) is 32.1 Å². The van der Waals surface area contributed by atoms with Crippen molar-refractivity contribution in [3.63, 3.8) is 0 Å². The van der Waals surface area contributed by atoms with E-state index in [9.17, 15) is 0 Å². The lowest BCUT2D eigenvalue weighted by Crippen LogP contribution is -2.07. The first-order valence-corrected chi connectivity index (χ1v) is 6.44. The van der Waals surface area contributed by atoms with Gasteiger partial charge in [0.2, 0.25) is 5.13 Å². The van der Waals surface area contributed by atoms with Gasteiger partial charge in [0.15, 0.2) is 5.13 Å². The van der Waals surface area contributed by atoms with E-state index in [1.165, 1.54) is 4.88 Å². The average Bonchev–Trinajstić information content (AvgIpc) is 2.83. The Bertz CT molecular complexity index is 462. The van der Waals surface area contributed by atoms with Crippen molar-refractivity contribution in [2.45, 2.75) is 13.5 Å². The number of hydrogen-bond acceptors (Lipinski definition) is 7. The third-order valence-electron chi connectivity index (χ3n) is 1.86. The number of rotatable bonds is 4. The third-order valence-corrected chi connectivity index (χ3v) is 3.83. The third kappa shape index (κ3) is 2.67. The van der Waals surface area contributed by atoms with Crippen LogP contribution >= 0.6 is 22.7 Å². The maximum Gasteiger partial charge on any atom is 0.205 e. The van der Waals surface area contributed by atoms with E-state index in [0.717, 1.165) is 21.8 Å². The van der Waals surface area contributed by atoms with Crippen LogP contribution in [0.3, 0.4) is 0 Å². The molecule has 0 aliphatic heterocycles. The Morgan fingerprint density at radius 1 is 1.31 bits per heavy atom. The van der Waals surface area contributed by atoms with E-state index in [-0.39, 0.29) is 0 Å². The summed E-state index contributed by atoms with van der Waals surface area (Å²) in [7, 11) is 3.98. The minimum absolute atomic E-state index is 0.750. The maximum absolute atomic E-state index is 4.30. The normalized spacial score (nSPS) is 10.4. The summed E-state index contributed by atoms with van der Waals surface area (Å²) in [6.07, 6.45) is 1.89. The van der Waals surface area contributed by atoms with Crippen LogP contribution < -0.4 is 10.2 Å². The molecule has 86 valence electrons. The molecule has 2 heterocycles. The highest BCUT2D eigenvalue weighted by Crippen LogP contribution is 2.22. The van der Waals surface area contributed by atoms with Crippen LogP contribution in [0.25, 0.3) is 0 Å². The van der Waals surface area contributed by atoms with Gasteiger partial charge in [-0.25, -0.2) is 4.98 Å². The van der Waals surface area contributed by atoms with E-state index >= 15 is 0 Å². The van der Waals surface area contributed by atoms with Gasteiger partial charge in [0, 0.05) is 25.2 Å². The minimum Gasteiger partial charge on any atom is -0.355 e. The lowest BCUT2D eigenvalue weighted by Gasteiger charge is -2.05. The van der Waals surface area contributed by atoms with Crippen LogP contribution in [0.4, 0.5) is 10.3 Å². The molecule has 0 fully saturated rings. The van der Waals surface area contributed by atoms with E-state index in [1.54, 1.807) is 22.7 Å². The van der Waals surface area contributed by atoms with Crippen LogP contribution in [-0.2, 0) is 6.54 Å². The summed E-state index contributed by atoms with van der Waals surface area (Å²) in [5.41, 5.74) is 0. The summed E-state index contributed by atoms with van der Waals surface area (Å²) in [6, 6.07) is 0. The SMILES string of the molecule is Cc1nnc(NCc2cnc(N(C)C)s2)s1. The molecule has 0 saturated heterocycles. The molecule has 7 heteroatoms. The van der Waals surface area contributed by atoms with Gasteiger partial charge in [-0.3, -0.25) is 0 Å². The van der Waals surface area contributed by atoms with E-state index < -0.39 is 0 Å². The van der Waals surface area contributed by atoms with Gasteiger partial charge in [-0.2, -0.15) is 0 Å². The van der Waals surface area contributed by atoms with Gasteiger partial charge in [0.1, 0.15) is 5.01 Å². The second-order valence-electron chi connectivity index (χ2n) is 3.48. The standard InChI is InChI=1S/C9H13N5S2/c1-6-12-13-8(15-6)10-4-7-5-11-9(16-7)14(2)3/h5H,4H2,1-3H3,(H,10,13). The average molecular weight is 255 g/mol. The Labute approximate surface area is 102 Å². The molecule has 0 aromatic carbocycles. The van der Waals surface area contributed by atoms with Gasteiger partial charge in [0.25, 0.3) is 0 Å². The van der Waals surface area contributed by atoms with Crippen LogP contribution in [0.1, 0.15) is 9.88 Å². The molecule has 0 amide bonds. The van der Waals surface area contributed by atoms with Crippen LogP contribution in [0, 0.1) is 6.92 Å². The van der Waals surface area contributed by atoms with Crippen LogP contribution in [-0.4, -0.2) is 29.3 Å². The molecule has 0 spiro atoms. The van der Waals surface area contributed by atoms with Gasteiger partial charge in [-0.1, -0.05) is 11.3 Å². The summed E-state index contributed by atoms with van der Waals surface area (Å²) >= 11 is 3.24. The van der Waals surface area contributed by atoms with E-state index in [0.29, 0.717) is 0 Å². The molecule has 2 aromatic heterocycles. The minimum atomic E-state index is 0.750. The van der Waals surface area contributed by atoms with Crippen molar-refractivity contribution in [2.24, 2.45) is 0 Å². The predicted octanol–water partition coefficient (Wildman–Crippen LogP) is 1.98. The number of thiazole rings is 1. The zero-order valence-electron chi connectivity index (χ0n) is 9.39. The molecule has 0 atom stereocenters. The number of anilines is 2. The van der Waals surface area contributed by atoms with Crippen LogP contribution in [0.2, 0.25) is 0 Å². The summed E-state index contributed by atoms with van der Waals surface area (Å²) in [5, 5.41) is 14.0. The molecule has 2 aromatic rings. The molecular formula is C9H13N5S2. The van der Waals surface area contributed by atoms with Crippen molar-refractivity contribution in [1.82, 2.24) is 15.2 Å². The highest BCUT2D eigenvalue weighted by Gasteiger charge is 2.04. The predicted molar refractivity (Wildman–Crippen MR) is 68.4 cm³/mol. The highest BCUT2D eigenvalue weighted by atomic mass is 32.1. The summed E-state index contributed by atoms with van der Waals surface area (Å²) in [6.45, 7) is 2.69. The Morgan fingerprint density at radius 2 is 2.12 bits per heavy atom. The number of nitrogens with one attached hydrogen (secondary N) is 1. The Kier molecular flexibility index (Phi) is 3.35. The molecule has 16 heavy (non-hydrogen) atoms. The van der Waals surface area contributed by atoms with Crippen LogP contribution in [0.15, 0.2) is 6.20 Å². The van der Waals surface area contributed by atoms with Gasteiger partial charge in [0.05, 0.1) is 6.54 Å². The number of nitrogens with zero attached hydrogens (tertiary/aromatic N) is 4. The second-order valence-corrected chi connectivity index (χ2v) is 5.76. The first kappa shape index (κ1) is 11.3. The molecule has 0 radical (unpaired) electrons. The molecule has 0 aliphatic carbocycles. The lowest BCUT2D eigenvalue weighted by molar-refractivity contribution is 1.03. The maximum atomic E-state index is 4.30. The number of aryl methyl sites for hydroxylation is 1. The highest BCUT2D eigenvalue weighted by molar-refractivity contribution is 7.16. The fourth-order valence-corrected chi connectivity index (χ4v) is 2.48.